The first-order chi connectivity index (χ1) is 11.1. The Hall–Kier alpha value is -1.35. The zero-order chi connectivity index (χ0) is 16.7. The molecule has 0 amide bonds. The second-order valence-electron chi connectivity index (χ2n) is 5.05. The molecular formula is C17H22BrIN4O. The van der Waals surface area contributed by atoms with E-state index >= 15 is 0 Å². The number of guanidine groups is 1. The smallest absolute Gasteiger partial charge is 0.213 e. The number of halogens is 2. The van der Waals surface area contributed by atoms with Crippen molar-refractivity contribution in [2.24, 2.45) is 4.99 Å². The molecule has 1 N–H and O–H groups in total. The highest BCUT2D eigenvalue weighted by molar-refractivity contribution is 14.0. The Kier molecular flexibility index (Phi) is 9.05. The standard InChI is InChI=1S/C17H21BrN4O.HI/c1-19-17(21-11-13-8-9-20-16(10-13)23-3)22(2)12-14-6-4-5-7-15(14)18;/h4-10H,11-12H2,1-3H3,(H,19,21);1H. The van der Waals surface area contributed by atoms with Gasteiger partial charge in [0.25, 0.3) is 0 Å². The van der Waals surface area contributed by atoms with Gasteiger partial charge in [-0.25, -0.2) is 4.98 Å². The Morgan fingerprint density at radius 3 is 2.75 bits per heavy atom. The summed E-state index contributed by atoms with van der Waals surface area (Å²) in [6.45, 7) is 1.42. The van der Waals surface area contributed by atoms with Crippen molar-refractivity contribution >= 4 is 45.9 Å². The number of ether oxygens (including phenoxy) is 1. The first-order valence-corrected chi connectivity index (χ1v) is 8.07. The summed E-state index contributed by atoms with van der Waals surface area (Å²) in [6, 6.07) is 12.1. The summed E-state index contributed by atoms with van der Waals surface area (Å²) in [4.78, 5) is 10.5. The monoisotopic (exact) mass is 504 g/mol. The van der Waals surface area contributed by atoms with Gasteiger partial charge in [-0.3, -0.25) is 4.99 Å². The highest BCUT2D eigenvalue weighted by atomic mass is 127. The highest BCUT2D eigenvalue weighted by Crippen LogP contribution is 2.17. The number of nitrogens with one attached hydrogen (secondary N) is 1. The quantitative estimate of drug-likeness (QED) is 0.383. The van der Waals surface area contributed by atoms with Gasteiger partial charge in [0.2, 0.25) is 5.88 Å². The van der Waals surface area contributed by atoms with Gasteiger partial charge in [0.15, 0.2) is 5.96 Å². The van der Waals surface area contributed by atoms with Gasteiger partial charge in [0, 0.05) is 43.9 Å². The molecule has 0 aliphatic rings. The Morgan fingerprint density at radius 2 is 2.08 bits per heavy atom. The van der Waals surface area contributed by atoms with Crippen LogP contribution in [0, 0.1) is 0 Å². The van der Waals surface area contributed by atoms with Crippen molar-refractivity contribution in [3.8, 4) is 5.88 Å². The van der Waals surface area contributed by atoms with Crippen LogP contribution >= 0.6 is 39.9 Å². The number of benzene rings is 1. The van der Waals surface area contributed by atoms with E-state index in [1.807, 2.05) is 37.4 Å². The SMILES string of the molecule is CN=C(NCc1ccnc(OC)c1)N(C)Cc1ccccc1Br.I. The van der Waals surface area contributed by atoms with Gasteiger partial charge in [0.1, 0.15) is 0 Å². The normalized spacial score (nSPS) is 10.8. The van der Waals surface area contributed by atoms with Gasteiger partial charge in [-0.05, 0) is 23.3 Å². The van der Waals surface area contributed by atoms with Gasteiger partial charge in [0.05, 0.1) is 7.11 Å². The van der Waals surface area contributed by atoms with Crippen molar-refractivity contribution in [3.63, 3.8) is 0 Å². The number of hydrogen-bond donors (Lipinski definition) is 1. The predicted molar refractivity (Wildman–Crippen MR) is 112 cm³/mol. The Labute approximate surface area is 168 Å². The number of nitrogens with zero attached hydrogens (tertiary/aromatic N) is 3. The van der Waals surface area contributed by atoms with Gasteiger partial charge in [-0.1, -0.05) is 34.1 Å². The molecule has 0 saturated heterocycles. The molecule has 0 saturated carbocycles. The molecule has 0 unspecified atom stereocenters. The maximum Gasteiger partial charge on any atom is 0.213 e. The summed E-state index contributed by atoms with van der Waals surface area (Å²) < 4.78 is 6.24. The van der Waals surface area contributed by atoms with Crippen LogP contribution in [0.5, 0.6) is 5.88 Å². The van der Waals surface area contributed by atoms with Crippen LogP contribution < -0.4 is 10.1 Å². The van der Waals surface area contributed by atoms with Crippen molar-refractivity contribution in [1.82, 2.24) is 15.2 Å². The van der Waals surface area contributed by atoms with E-state index in [0.717, 1.165) is 22.5 Å². The first kappa shape index (κ1) is 20.7. The van der Waals surface area contributed by atoms with Crippen LogP contribution in [0.3, 0.4) is 0 Å². The maximum absolute atomic E-state index is 5.14. The summed E-state index contributed by atoms with van der Waals surface area (Å²) in [5, 5.41) is 3.35. The average molecular weight is 505 g/mol. The van der Waals surface area contributed by atoms with Crippen LogP contribution in [0.25, 0.3) is 0 Å². The van der Waals surface area contributed by atoms with Crippen LogP contribution in [-0.2, 0) is 13.1 Å². The fourth-order valence-electron chi connectivity index (χ4n) is 2.19. The molecule has 1 aromatic heterocycles. The van der Waals surface area contributed by atoms with Crippen LogP contribution in [0.15, 0.2) is 52.1 Å². The number of aliphatic imine (C=N–C) groups is 1. The molecule has 0 aliphatic carbocycles. The van der Waals surface area contributed by atoms with E-state index in [0.29, 0.717) is 12.4 Å². The van der Waals surface area contributed by atoms with E-state index in [-0.39, 0.29) is 24.0 Å². The average Bonchev–Trinajstić information content (AvgIpc) is 2.57. The second-order valence-corrected chi connectivity index (χ2v) is 5.91. The number of aromatic nitrogens is 1. The molecule has 0 aliphatic heterocycles. The van der Waals surface area contributed by atoms with Crippen molar-refractivity contribution in [1.29, 1.82) is 0 Å². The molecule has 1 aromatic carbocycles. The summed E-state index contributed by atoms with van der Waals surface area (Å²) in [7, 11) is 5.41. The van der Waals surface area contributed by atoms with E-state index in [1.54, 1.807) is 20.4 Å². The molecule has 1 heterocycles. The number of hydrogen-bond acceptors (Lipinski definition) is 3. The van der Waals surface area contributed by atoms with Gasteiger partial charge < -0.3 is 15.0 Å². The van der Waals surface area contributed by atoms with Crippen molar-refractivity contribution in [2.75, 3.05) is 21.2 Å². The first-order valence-electron chi connectivity index (χ1n) is 7.28. The molecule has 0 bridgehead atoms. The summed E-state index contributed by atoms with van der Waals surface area (Å²) >= 11 is 3.58. The summed E-state index contributed by atoms with van der Waals surface area (Å²) in [5.41, 5.74) is 2.30. The fraction of sp³-hybridized carbons (Fsp3) is 0.294. The van der Waals surface area contributed by atoms with Crippen molar-refractivity contribution < 1.29 is 4.74 Å². The Morgan fingerprint density at radius 1 is 1.33 bits per heavy atom. The zero-order valence-electron chi connectivity index (χ0n) is 14.0. The summed E-state index contributed by atoms with van der Waals surface area (Å²) in [6.07, 6.45) is 1.74. The second kappa shape index (κ2) is 10.5. The minimum atomic E-state index is 0. The van der Waals surface area contributed by atoms with Crippen molar-refractivity contribution in [3.05, 3.63) is 58.2 Å². The maximum atomic E-state index is 5.14. The molecule has 2 aromatic rings. The molecule has 0 spiro atoms. The Balaban J connectivity index is 0.00000288. The lowest BCUT2D eigenvalue weighted by Gasteiger charge is -2.22. The zero-order valence-corrected chi connectivity index (χ0v) is 17.9. The Bertz CT molecular complexity index is 681. The third kappa shape index (κ3) is 5.94. The number of rotatable bonds is 5. The van der Waals surface area contributed by atoms with E-state index in [1.165, 1.54) is 5.56 Å². The lowest BCUT2D eigenvalue weighted by atomic mass is 10.2. The van der Waals surface area contributed by atoms with Crippen LogP contribution in [0.1, 0.15) is 11.1 Å². The van der Waals surface area contributed by atoms with Crippen LogP contribution in [-0.4, -0.2) is 37.0 Å². The third-order valence-electron chi connectivity index (χ3n) is 3.40. The fourth-order valence-corrected chi connectivity index (χ4v) is 2.61. The largest absolute Gasteiger partial charge is 0.481 e. The van der Waals surface area contributed by atoms with E-state index < -0.39 is 0 Å². The molecule has 130 valence electrons. The predicted octanol–water partition coefficient (Wildman–Crippen LogP) is 3.68. The van der Waals surface area contributed by atoms with Crippen LogP contribution in [0.4, 0.5) is 0 Å². The molecule has 5 nitrogen and oxygen atoms in total. The van der Waals surface area contributed by atoms with Gasteiger partial charge in [-0.2, -0.15) is 0 Å². The topological polar surface area (TPSA) is 49.8 Å². The molecule has 0 atom stereocenters. The molecule has 24 heavy (non-hydrogen) atoms. The minimum absolute atomic E-state index is 0. The number of methoxy groups -OCH3 is 1. The molecular weight excluding hydrogens is 483 g/mol. The molecule has 0 fully saturated rings. The van der Waals surface area contributed by atoms with Gasteiger partial charge in [-0.15, -0.1) is 24.0 Å². The number of pyridine rings is 1. The van der Waals surface area contributed by atoms with E-state index in [4.69, 9.17) is 4.74 Å². The van der Waals surface area contributed by atoms with Crippen molar-refractivity contribution in [2.45, 2.75) is 13.1 Å². The third-order valence-corrected chi connectivity index (χ3v) is 4.17. The van der Waals surface area contributed by atoms with E-state index in [2.05, 4.69) is 42.2 Å². The summed E-state index contributed by atoms with van der Waals surface area (Å²) in [5.74, 6) is 1.44. The lowest BCUT2D eigenvalue weighted by Crippen LogP contribution is -2.38. The van der Waals surface area contributed by atoms with Crippen LogP contribution in [0.2, 0.25) is 0 Å². The minimum Gasteiger partial charge on any atom is -0.481 e. The molecule has 7 heteroatoms. The van der Waals surface area contributed by atoms with E-state index in [9.17, 15) is 0 Å². The highest BCUT2D eigenvalue weighted by Gasteiger charge is 2.08. The lowest BCUT2D eigenvalue weighted by molar-refractivity contribution is 0.397. The van der Waals surface area contributed by atoms with Gasteiger partial charge >= 0.3 is 0 Å². The molecule has 0 radical (unpaired) electrons. The molecule has 2 rings (SSSR count).